The first-order valence-corrected chi connectivity index (χ1v) is 5.73. The van der Waals surface area contributed by atoms with E-state index in [0.29, 0.717) is 32.0 Å². The molecule has 1 heterocycles. The highest BCUT2D eigenvalue weighted by Crippen LogP contribution is 2.26. The number of hydrogen-bond acceptors (Lipinski definition) is 2. The van der Waals surface area contributed by atoms with Gasteiger partial charge in [0.05, 0.1) is 15.8 Å². The molecule has 0 bridgehead atoms. The molecule has 1 aromatic heterocycles. The van der Waals surface area contributed by atoms with E-state index < -0.39 is 0 Å². The lowest BCUT2D eigenvalue weighted by molar-refractivity contribution is 0.660. The molecule has 2 nitrogen and oxygen atoms in total. The summed E-state index contributed by atoms with van der Waals surface area (Å²) in [5, 5.41) is 1.86. The largest absolute Gasteiger partial charge is 0.454 e. The summed E-state index contributed by atoms with van der Waals surface area (Å²) in [7, 11) is 0. The maximum absolute atomic E-state index is 12.2. The molecule has 0 aliphatic carbocycles. The normalized spacial score (nSPS) is 11.2. The van der Waals surface area contributed by atoms with Crippen molar-refractivity contribution < 1.29 is 4.42 Å². The zero-order valence-corrected chi connectivity index (χ0v) is 10.0. The second-order valence-electron chi connectivity index (χ2n) is 3.69. The molecule has 0 atom stereocenters. The Bertz CT molecular complexity index is 784. The Balaban J connectivity index is 2.62. The molecule has 4 heteroatoms. The zero-order valence-electron chi connectivity index (χ0n) is 8.54. The third-order valence-corrected chi connectivity index (χ3v) is 3.14. The second kappa shape index (κ2) is 3.76. The fourth-order valence-corrected chi connectivity index (χ4v) is 2.20. The van der Waals surface area contributed by atoms with Crippen molar-refractivity contribution in [3.63, 3.8) is 0 Å². The molecule has 0 saturated heterocycles. The molecule has 3 rings (SSSR count). The molecule has 2 aromatic carbocycles. The highest BCUT2D eigenvalue weighted by atomic mass is 35.5. The summed E-state index contributed by atoms with van der Waals surface area (Å²) in [5.41, 5.74) is 0.778. The van der Waals surface area contributed by atoms with Crippen molar-refractivity contribution in [2.75, 3.05) is 0 Å². The molecule has 0 aliphatic heterocycles. The van der Waals surface area contributed by atoms with Crippen molar-refractivity contribution in [3.8, 4) is 0 Å². The minimum atomic E-state index is -0.119. The molecular formula is C13H6Cl2O2. The predicted molar refractivity (Wildman–Crippen MR) is 70.0 cm³/mol. The quantitative estimate of drug-likeness (QED) is 0.568. The van der Waals surface area contributed by atoms with Crippen LogP contribution in [0.25, 0.3) is 21.9 Å². The van der Waals surface area contributed by atoms with Crippen molar-refractivity contribution in [1.29, 1.82) is 0 Å². The summed E-state index contributed by atoms with van der Waals surface area (Å²) in [6.07, 6.45) is 0. The third-order valence-electron chi connectivity index (χ3n) is 2.61. The van der Waals surface area contributed by atoms with Gasteiger partial charge in [-0.3, -0.25) is 4.79 Å². The summed E-state index contributed by atoms with van der Waals surface area (Å²) in [5.74, 6) is 0. The van der Waals surface area contributed by atoms with E-state index in [4.69, 9.17) is 27.6 Å². The van der Waals surface area contributed by atoms with Gasteiger partial charge in [0.2, 0.25) is 5.43 Å². The van der Waals surface area contributed by atoms with E-state index in [1.807, 2.05) is 0 Å². The Morgan fingerprint density at radius 1 is 1.00 bits per heavy atom. The van der Waals surface area contributed by atoms with Crippen LogP contribution in [0.5, 0.6) is 0 Å². The summed E-state index contributed by atoms with van der Waals surface area (Å²) < 4.78 is 5.62. The maximum Gasteiger partial charge on any atom is 0.200 e. The van der Waals surface area contributed by atoms with Gasteiger partial charge in [-0.05, 0) is 30.3 Å². The average molecular weight is 265 g/mol. The molecule has 0 N–H and O–H groups in total. The summed E-state index contributed by atoms with van der Waals surface area (Å²) in [6, 6.07) is 10.0. The standard InChI is InChI=1S/C13H6Cl2O2/c14-7-4-5-11-9(6-7)12(16)8-2-1-3-10(15)13(8)17-11/h1-6H. The number of benzene rings is 2. The maximum atomic E-state index is 12.2. The molecule has 0 aliphatic rings. The van der Waals surface area contributed by atoms with Crippen LogP contribution in [0.4, 0.5) is 0 Å². The van der Waals surface area contributed by atoms with Crippen LogP contribution in [-0.2, 0) is 0 Å². The third kappa shape index (κ3) is 1.61. The van der Waals surface area contributed by atoms with E-state index in [1.165, 1.54) is 0 Å². The predicted octanol–water partition coefficient (Wildman–Crippen LogP) is 4.25. The van der Waals surface area contributed by atoms with Crippen LogP contribution in [0.1, 0.15) is 0 Å². The first kappa shape index (κ1) is 10.6. The Morgan fingerprint density at radius 2 is 1.82 bits per heavy atom. The van der Waals surface area contributed by atoms with Gasteiger partial charge in [-0.1, -0.05) is 29.3 Å². The van der Waals surface area contributed by atoms with E-state index in [2.05, 4.69) is 0 Å². The SMILES string of the molecule is O=c1c2cc(Cl)ccc2oc2c(Cl)cccc12. The summed E-state index contributed by atoms with van der Waals surface area (Å²) in [4.78, 5) is 12.2. The summed E-state index contributed by atoms with van der Waals surface area (Å²) >= 11 is 11.9. The molecule has 0 spiro atoms. The number of rotatable bonds is 0. The van der Waals surface area contributed by atoms with Crippen molar-refractivity contribution in [1.82, 2.24) is 0 Å². The average Bonchev–Trinajstić information content (AvgIpc) is 2.32. The molecule has 0 fully saturated rings. The molecular weight excluding hydrogens is 259 g/mol. The Labute approximate surface area is 106 Å². The van der Waals surface area contributed by atoms with Crippen molar-refractivity contribution in [3.05, 3.63) is 56.7 Å². The van der Waals surface area contributed by atoms with Crippen LogP contribution in [0.15, 0.2) is 45.6 Å². The van der Waals surface area contributed by atoms with Gasteiger partial charge in [-0.2, -0.15) is 0 Å². The number of fused-ring (bicyclic) bond motifs is 2. The summed E-state index contributed by atoms with van der Waals surface area (Å²) in [6.45, 7) is 0. The molecule has 0 saturated carbocycles. The van der Waals surface area contributed by atoms with Gasteiger partial charge in [0, 0.05) is 5.02 Å². The molecule has 0 amide bonds. The van der Waals surface area contributed by atoms with Gasteiger partial charge >= 0.3 is 0 Å². The molecule has 17 heavy (non-hydrogen) atoms. The molecule has 0 radical (unpaired) electrons. The lowest BCUT2D eigenvalue weighted by Crippen LogP contribution is -2.01. The fraction of sp³-hybridized carbons (Fsp3) is 0. The molecule has 3 aromatic rings. The zero-order chi connectivity index (χ0) is 12.0. The lowest BCUT2D eigenvalue weighted by atomic mass is 10.1. The van der Waals surface area contributed by atoms with Crippen LogP contribution in [-0.4, -0.2) is 0 Å². The van der Waals surface area contributed by atoms with E-state index in [9.17, 15) is 4.79 Å². The monoisotopic (exact) mass is 264 g/mol. The van der Waals surface area contributed by atoms with Crippen molar-refractivity contribution >= 4 is 45.1 Å². The minimum absolute atomic E-state index is 0.119. The van der Waals surface area contributed by atoms with Crippen LogP contribution in [0, 0.1) is 0 Å². The number of para-hydroxylation sites is 1. The van der Waals surface area contributed by atoms with Crippen LogP contribution >= 0.6 is 23.2 Å². The number of hydrogen-bond donors (Lipinski definition) is 0. The van der Waals surface area contributed by atoms with E-state index >= 15 is 0 Å². The Kier molecular flexibility index (Phi) is 2.35. The fourth-order valence-electron chi connectivity index (χ4n) is 1.82. The van der Waals surface area contributed by atoms with Crippen molar-refractivity contribution in [2.45, 2.75) is 0 Å². The van der Waals surface area contributed by atoms with Gasteiger partial charge in [0.15, 0.2) is 5.58 Å². The van der Waals surface area contributed by atoms with Gasteiger partial charge in [-0.15, -0.1) is 0 Å². The highest BCUT2D eigenvalue weighted by Gasteiger charge is 2.09. The first-order valence-electron chi connectivity index (χ1n) is 4.97. The topological polar surface area (TPSA) is 30.2 Å². The lowest BCUT2D eigenvalue weighted by Gasteiger charge is -2.02. The molecule has 0 unspecified atom stereocenters. The van der Waals surface area contributed by atoms with E-state index in [0.717, 1.165) is 0 Å². The van der Waals surface area contributed by atoms with Gasteiger partial charge < -0.3 is 4.42 Å². The van der Waals surface area contributed by atoms with Crippen LogP contribution in [0.3, 0.4) is 0 Å². The van der Waals surface area contributed by atoms with Gasteiger partial charge in [-0.25, -0.2) is 0 Å². The Morgan fingerprint density at radius 3 is 2.65 bits per heavy atom. The smallest absolute Gasteiger partial charge is 0.200 e. The number of halogens is 2. The van der Waals surface area contributed by atoms with E-state index in [1.54, 1.807) is 36.4 Å². The van der Waals surface area contributed by atoms with Gasteiger partial charge in [0.25, 0.3) is 0 Å². The van der Waals surface area contributed by atoms with Crippen LogP contribution < -0.4 is 5.43 Å². The minimum Gasteiger partial charge on any atom is -0.454 e. The van der Waals surface area contributed by atoms with Gasteiger partial charge in [0.1, 0.15) is 5.58 Å². The Hall–Kier alpha value is -1.51. The highest BCUT2D eigenvalue weighted by molar-refractivity contribution is 6.35. The van der Waals surface area contributed by atoms with Crippen LogP contribution in [0.2, 0.25) is 10.0 Å². The second-order valence-corrected chi connectivity index (χ2v) is 4.53. The first-order chi connectivity index (χ1) is 8.16. The van der Waals surface area contributed by atoms with E-state index in [-0.39, 0.29) is 5.43 Å². The van der Waals surface area contributed by atoms with Crippen molar-refractivity contribution in [2.24, 2.45) is 0 Å². The molecule has 84 valence electrons.